The highest BCUT2D eigenvalue weighted by atomic mass is 16.5. The Bertz CT molecular complexity index is 832. The molecule has 0 radical (unpaired) electrons. The van der Waals surface area contributed by atoms with Gasteiger partial charge in [-0.2, -0.15) is 0 Å². The standard InChI is InChI=1S/C21H25N3O4/c1-21(2,20(27)24(3)14-11-15-9-12-22-13-10-15)19(26)23-17-7-5-16(6-8-17)18(25)28-4/h5-10,12-13H,11,14H2,1-4H3,(H,23,26). The number of likely N-dealkylation sites (N-methyl/N-ethyl adjacent to an activating group) is 1. The highest BCUT2D eigenvalue weighted by molar-refractivity contribution is 6.09. The molecule has 0 bridgehead atoms. The fourth-order valence-electron chi connectivity index (χ4n) is 2.62. The van der Waals surface area contributed by atoms with Crippen LogP contribution in [0, 0.1) is 5.41 Å². The minimum absolute atomic E-state index is 0.273. The molecule has 148 valence electrons. The van der Waals surface area contributed by atoms with Crippen LogP contribution < -0.4 is 5.32 Å². The number of rotatable bonds is 7. The summed E-state index contributed by atoms with van der Waals surface area (Å²) in [6.07, 6.45) is 4.09. The number of nitrogens with one attached hydrogen (secondary N) is 1. The number of carbonyl (C=O) groups is 3. The lowest BCUT2D eigenvalue weighted by Crippen LogP contribution is -2.46. The van der Waals surface area contributed by atoms with Crippen LogP contribution in [0.15, 0.2) is 48.8 Å². The number of ether oxygens (including phenoxy) is 1. The van der Waals surface area contributed by atoms with Gasteiger partial charge in [0.25, 0.3) is 0 Å². The van der Waals surface area contributed by atoms with Gasteiger partial charge in [0.2, 0.25) is 11.8 Å². The van der Waals surface area contributed by atoms with Crippen LogP contribution in [0.2, 0.25) is 0 Å². The molecule has 0 saturated heterocycles. The molecule has 2 amide bonds. The second-order valence-corrected chi connectivity index (χ2v) is 6.98. The Balaban J connectivity index is 1.98. The number of pyridine rings is 1. The maximum absolute atomic E-state index is 12.8. The summed E-state index contributed by atoms with van der Waals surface area (Å²) >= 11 is 0. The fourth-order valence-corrected chi connectivity index (χ4v) is 2.62. The number of methoxy groups -OCH3 is 1. The van der Waals surface area contributed by atoms with Gasteiger partial charge in [-0.25, -0.2) is 4.79 Å². The van der Waals surface area contributed by atoms with Gasteiger partial charge in [0.05, 0.1) is 12.7 Å². The Hall–Kier alpha value is -3.22. The molecule has 0 aliphatic rings. The zero-order valence-corrected chi connectivity index (χ0v) is 16.6. The summed E-state index contributed by atoms with van der Waals surface area (Å²) in [5.74, 6) is -1.14. The van der Waals surface area contributed by atoms with Crippen molar-refractivity contribution in [2.45, 2.75) is 20.3 Å². The third-order valence-corrected chi connectivity index (χ3v) is 4.50. The molecule has 2 rings (SSSR count). The average molecular weight is 383 g/mol. The van der Waals surface area contributed by atoms with E-state index in [1.54, 1.807) is 62.5 Å². The molecule has 1 N–H and O–H groups in total. The molecular formula is C21H25N3O4. The highest BCUT2D eigenvalue weighted by Gasteiger charge is 2.38. The van der Waals surface area contributed by atoms with Gasteiger partial charge >= 0.3 is 5.97 Å². The van der Waals surface area contributed by atoms with E-state index in [2.05, 4.69) is 15.0 Å². The van der Waals surface area contributed by atoms with Crippen LogP contribution >= 0.6 is 0 Å². The Labute approximate surface area is 164 Å². The van der Waals surface area contributed by atoms with Crippen LogP contribution in [0.3, 0.4) is 0 Å². The van der Waals surface area contributed by atoms with Crippen LogP contribution in [0.4, 0.5) is 5.69 Å². The van der Waals surface area contributed by atoms with Crippen molar-refractivity contribution in [3.63, 3.8) is 0 Å². The summed E-state index contributed by atoms with van der Waals surface area (Å²) in [5.41, 5.74) is 0.709. The van der Waals surface area contributed by atoms with Crippen LogP contribution in [-0.4, -0.2) is 48.4 Å². The number of carbonyl (C=O) groups excluding carboxylic acids is 3. The van der Waals surface area contributed by atoms with E-state index in [4.69, 9.17) is 0 Å². The van der Waals surface area contributed by atoms with Crippen molar-refractivity contribution in [3.05, 3.63) is 59.9 Å². The van der Waals surface area contributed by atoms with E-state index in [0.29, 0.717) is 24.2 Å². The molecule has 0 spiro atoms. The maximum atomic E-state index is 12.8. The Morgan fingerprint density at radius 3 is 2.25 bits per heavy atom. The molecule has 28 heavy (non-hydrogen) atoms. The van der Waals surface area contributed by atoms with Crippen LogP contribution in [0.1, 0.15) is 29.8 Å². The monoisotopic (exact) mass is 383 g/mol. The van der Waals surface area contributed by atoms with E-state index in [-0.39, 0.29) is 5.91 Å². The van der Waals surface area contributed by atoms with Gasteiger partial charge in [-0.05, 0) is 62.2 Å². The minimum atomic E-state index is -1.24. The third-order valence-electron chi connectivity index (χ3n) is 4.50. The number of hydrogen-bond donors (Lipinski definition) is 1. The molecular weight excluding hydrogens is 358 g/mol. The first-order valence-corrected chi connectivity index (χ1v) is 8.90. The number of benzene rings is 1. The Morgan fingerprint density at radius 2 is 1.68 bits per heavy atom. The lowest BCUT2D eigenvalue weighted by molar-refractivity contribution is -0.145. The van der Waals surface area contributed by atoms with Crippen molar-refractivity contribution in [1.29, 1.82) is 0 Å². The van der Waals surface area contributed by atoms with Gasteiger partial charge < -0.3 is 15.0 Å². The first-order valence-electron chi connectivity index (χ1n) is 8.90. The quantitative estimate of drug-likeness (QED) is 0.586. The summed E-state index contributed by atoms with van der Waals surface area (Å²) in [6, 6.07) is 10.1. The van der Waals surface area contributed by atoms with Gasteiger partial charge in [-0.3, -0.25) is 14.6 Å². The second kappa shape index (κ2) is 9.12. The van der Waals surface area contributed by atoms with Crippen molar-refractivity contribution in [3.8, 4) is 0 Å². The SMILES string of the molecule is COC(=O)c1ccc(NC(=O)C(C)(C)C(=O)N(C)CCc2ccncc2)cc1. The number of aromatic nitrogens is 1. The van der Waals surface area contributed by atoms with Gasteiger partial charge in [-0.15, -0.1) is 0 Å². The van der Waals surface area contributed by atoms with Gasteiger partial charge in [0.1, 0.15) is 5.41 Å². The summed E-state index contributed by atoms with van der Waals surface area (Å²) in [4.78, 5) is 42.5. The molecule has 7 heteroatoms. The summed E-state index contributed by atoms with van der Waals surface area (Å²) in [6.45, 7) is 3.68. The zero-order valence-electron chi connectivity index (χ0n) is 16.6. The summed E-state index contributed by atoms with van der Waals surface area (Å²) < 4.78 is 4.64. The maximum Gasteiger partial charge on any atom is 0.337 e. The van der Waals surface area contributed by atoms with E-state index < -0.39 is 17.3 Å². The Kier molecular flexibility index (Phi) is 6.87. The molecule has 0 aliphatic heterocycles. The van der Waals surface area contributed by atoms with Crippen LogP contribution in [-0.2, 0) is 20.7 Å². The van der Waals surface area contributed by atoms with E-state index in [1.165, 1.54) is 7.11 Å². The molecule has 0 saturated carbocycles. The van der Waals surface area contributed by atoms with Crippen molar-refractivity contribution in [2.24, 2.45) is 5.41 Å². The first-order chi connectivity index (χ1) is 13.3. The van der Waals surface area contributed by atoms with E-state index in [0.717, 1.165) is 5.56 Å². The summed E-state index contributed by atoms with van der Waals surface area (Å²) in [7, 11) is 2.99. The Morgan fingerprint density at radius 1 is 1.07 bits per heavy atom. The molecule has 1 aromatic carbocycles. The van der Waals surface area contributed by atoms with E-state index in [9.17, 15) is 14.4 Å². The number of hydrogen-bond acceptors (Lipinski definition) is 5. The van der Waals surface area contributed by atoms with Crippen molar-refractivity contribution in [1.82, 2.24) is 9.88 Å². The molecule has 0 unspecified atom stereocenters. The largest absolute Gasteiger partial charge is 0.465 e. The lowest BCUT2D eigenvalue weighted by atomic mass is 9.90. The predicted octanol–water partition coefficient (Wildman–Crippen LogP) is 2.53. The molecule has 0 fully saturated rings. The number of nitrogens with zero attached hydrogens (tertiary/aromatic N) is 2. The average Bonchev–Trinajstić information content (AvgIpc) is 2.72. The normalized spacial score (nSPS) is 10.9. The second-order valence-electron chi connectivity index (χ2n) is 6.98. The van der Waals surface area contributed by atoms with Crippen LogP contribution in [0.5, 0.6) is 0 Å². The van der Waals surface area contributed by atoms with Crippen molar-refractivity contribution in [2.75, 3.05) is 26.0 Å². The topological polar surface area (TPSA) is 88.6 Å². The zero-order chi connectivity index (χ0) is 20.7. The number of amides is 2. The lowest BCUT2D eigenvalue weighted by Gasteiger charge is -2.28. The predicted molar refractivity (Wildman–Crippen MR) is 106 cm³/mol. The molecule has 7 nitrogen and oxygen atoms in total. The highest BCUT2D eigenvalue weighted by Crippen LogP contribution is 2.22. The van der Waals surface area contributed by atoms with Crippen LogP contribution in [0.25, 0.3) is 0 Å². The van der Waals surface area contributed by atoms with E-state index >= 15 is 0 Å². The molecule has 1 heterocycles. The first kappa shape index (κ1) is 21.1. The van der Waals surface area contributed by atoms with Gasteiger partial charge in [-0.1, -0.05) is 0 Å². The van der Waals surface area contributed by atoms with Crippen molar-refractivity contribution < 1.29 is 19.1 Å². The fraction of sp³-hybridized carbons (Fsp3) is 0.333. The minimum Gasteiger partial charge on any atom is -0.465 e. The number of esters is 1. The van der Waals surface area contributed by atoms with E-state index in [1.807, 2.05) is 12.1 Å². The van der Waals surface area contributed by atoms with Crippen molar-refractivity contribution >= 4 is 23.5 Å². The van der Waals surface area contributed by atoms with Gasteiger partial charge in [0.15, 0.2) is 0 Å². The summed E-state index contributed by atoms with van der Waals surface area (Å²) in [5, 5.41) is 2.73. The molecule has 2 aromatic rings. The molecule has 1 aromatic heterocycles. The third kappa shape index (κ3) is 5.16. The number of anilines is 1. The molecule has 0 aliphatic carbocycles. The van der Waals surface area contributed by atoms with Gasteiger partial charge in [0, 0.05) is 31.7 Å². The molecule has 0 atom stereocenters. The smallest absolute Gasteiger partial charge is 0.337 e.